The highest BCUT2D eigenvalue weighted by molar-refractivity contribution is 5.57. The van der Waals surface area contributed by atoms with Crippen LogP contribution in [0.1, 0.15) is 5.56 Å². The van der Waals surface area contributed by atoms with E-state index in [0.29, 0.717) is 23.5 Å². The van der Waals surface area contributed by atoms with Gasteiger partial charge in [-0.05, 0) is 48.9 Å². The van der Waals surface area contributed by atoms with Gasteiger partial charge in [-0.25, -0.2) is 4.98 Å². The van der Waals surface area contributed by atoms with Crippen LogP contribution in [0, 0.1) is 6.92 Å². The molecule has 0 fully saturated rings. The highest BCUT2D eigenvalue weighted by atomic mass is 16.5. The van der Waals surface area contributed by atoms with Crippen molar-refractivity contribution in [1.82, 2.24) is 20.2 Å². The third-order valence-corrected chi connectivity index (χ3v) is 3.67. The summed E-state index contributed by atoms with van der Waals surface area (Å²) < 4.78 is 11.3. The predicted molar refractivity (Wildman–Crippen MR) is 101 cm³/mol. The van der Waals surface area contributed by atoms with Gasteiger partial charge in [0.1, 0.15) is 5.75 Å². The largest absolute Gasteiger partial charge is 0.439 e. The van der Waals surface area contributed by atoms with E-state index in [0.717, 1.165) is 16.8 Å². The van der Waals surface area contributed by atoms with Gasteiger partial charge in [-0.3, -0.25) is 0 Å². The van der Waals surface area contributed by atoms with Gasteiger partial charge >= 0.3 is 6.01 Å². The van der Waals surface area contributed by atoms with Crippen LogP contribution in [0.5, 0.6) is 11.6 Å². The van der Waals surface area contributed by atoms with Gasteiger partial charge in [-0.1, -0.05) is 17.2 Å². The number of nitrogens with zero attached hydrogens (tertiary/aromatic N) is 4. The minimum absolute atomic E-state index is 0.156. The van der Waals surface area contributed by atoms with Gasteiger partial charge in [0, 0.05) is 23.5 Å². The number of anilines is 3. The van der Waals surface area contributed by atoms with E-state index in [1.54, 1.807) is 18.2 Å². The Morgan fingerprint density at radius 3 is 2.67 bits per heavy atom. The standard InChI is InChI=1S/C19H16N6O2/c1-12-3-2-4-14(11-12)22-19-25-24-17(27-19)13-5-7-15(8-6-13)26-16-9-10-21-18(20)23-16/h2-11H,1H3,(H,22,25)(H2,20,21,23). The van der Waals surface area contributed by atoms with Crippen LogP contribution in [-0.4, -0.2) is 20.2 Å². The number of aryl methyl sites for hydroxylation is 1. The summed E-state index contributed by atoms with van der Waals surface area (Å²) in [5.41, 5.74) is 8.34. The van der Waals surface area contributed by atoms with E-state index < -0.39 is 0 Å². The summed E-state index contributed by atoms with van der Waals surface area (Å²) in [5, 5.41) is 11.2. The molecule has 8 nitrogen and oxygen atoms in total. The smallest absolute Gasteiger partial charge is 0.320 e. The summed E-state index contributed by atoms with van der Waals surface area (Å²) in [4.78, 5) is 7.82. The Balaban J connectivity index is 1.47. The fraction of sp³-hybridized carbons (Fsp3) is 0.0526. The lowest BCUT2D eigenvalue weighted by atomic mass is 10.2. The quantitative estimate of drug-likeness (QED) is 0.550. The van der Waals surface area contributed by atoms with Gasteiger partial charge in [0.05, 0.1) is 0 Å². The first kappa shape index (κ1) is 16.5. The van der Waals surface area contributed by atoms with Crippen molar-refractivity contribution in [3.63, 3.8) is 0 Å². The van der Waals surface area contributed by atoms with Crippen molar-refractivity contribution in [2.75, 3.05) is 11.1 Å². The Bertz CT molecular complexity index is 1060. The molecule has 0 aliphatic carbocycles. The van der Waals surface area contributed by atoms with Crippen molar-refractivity contribution >= 4 is 17.7 Å². The van der Waals surface area contributed by atoms with Crippen LogP contribution < -0.4 is 15.8 Å². The number of aromatic nitrogens is 4. The number of nitrogens with one attached hydrogen (secondary N) is 1. The average Bonchev–Trinajstić information content (AvgIpc) is 3.11. The van der Waals surface area contributed by atoms with Gasteiger partial charge in [0.2, 0.25) is 17.7 Å². The van der Waals surface area contributed by atoms with Gasteiger partial charge in [0.15, 0.2) is 0 Å². The minimum Gasteiger partial charge on any atom is -0.439 e. The molecule has 2 aromatic heterocycles. The maximum atomic E-state index is 5.68. The van der Waals surface area contributed by atoms with Crippen LogP contribution in [0.25, 0.3) is 11.5 Å². The molecule has 0 aliphatic rings. The highest BCUT2D eigenvalue weighted by Gasteiger charge is 2.09. The first-order valence-corrected chi connectivity index (χ1v) is 8.20. The maximum Gasteiger partial charge on any atom is 0.320 e. The second kappa shape index (κ2) is 7.12. The molecule has 0 bridgehead atoms. The Morgan fingerprint density at radius 2 is 1.89 bits per heavy atom. The highest BCUT2D eigenvalue weighted by Crippen LogP contribution is 2.26. The third kappa shape index (κ3) is 4.01. The van der Waals surface area contributed by atoms with Crippen molar-refractivity contribution < 1.29 is 9.15 Å². The van der Waals surface area contributed by atoms with E-state index in [9.17, 15) is 0 Å². The molecule has 0 spiro atoms. The maximum absolute atomic E-state index is 5.68. The summed E-state index contributed by atoms with van der Waals surface area (Å²) in [6, 6.07) is 17.1. The first-order chi connectivity index (χ1) is 13.2. The van der Waals surface area contributed by atoms with Gasteiger partial charge in [-0.15, -0.1) is 5.10 Å². The van der Waals surface area contributed by atoms with E-state index in [1.807, 2.05) is 43.3 Å². The third-order valence-electron chi connectivity index (χ3n) is 3.67. The number of nitrogen functional groups attached to an aromatic ring is 1. The van der Waals surface area contributed by atoms with Crippen molar-refractivity contribution in [2.45, 2.75) is 6.92 Å². The second-order valence-electron chi connectivity index (χ2n) is 5.79. The molecule has 8 heteroatoms. The van der Waals surface area contributed by atoms with Gasteiger partial charge in [-0.2, -0.15) is 4.98 Å². The molecule has 0 atom stereocenters. The minimum atomic E-state index is 0.156. The lowest BCUT2D eigenvalue weighted by Crippen LogP contribution is -1.95. The molecular weight excluding hydrogens is 344 g/mol. The second-order valence-corrected chi connectivity index (χ2v) is 5.79. The predicted octanol–water partition coefficient (Wildman–Crippen LogP) is 3.95. The number of hydrogen-bond donors (Lipinski definition) is 2. The lowest BCUT2D eigenvalue weighted by Gasteiger charge is -2.05. The Hall–Kier alpha value is -3.94. The molecule has 2 aromatic carbocycles. The molecule has 0 aliphatic heterocycles. The van der Waals surface area contributed by atoms with Crippen molar-refractivity contribution in [1.29, 1.82) is 0 Å². The lowest BCUT2D eigenvalue weighted by molar-refractivity contribution is 0.462. The molecule has 134 valence electrons. The van der Waals surface area contributed by atoms with E-state index in [4.69, 9.17) is 14.9 Å². The van der Waals surface area contributed by atoms with Gasteiger partial charge in [0.25, 0.3) is 0 Å². The van der Waals surface area contributed by atoms with E-state index in [2.05, 4.69) is 25.5 Å². The fourth-order valence-corrected chi connectivity index (χ4v) is 2.44. The van der Waals surface area contributed by atoms with Crippen LogP contribution in [0.2, 0.25) is 0 Å². The molecule has 0 unspecified atom stereocenters. The molecule has 27 heavy (non-hydrogen) atoms. The van der Waals surface area contributed by atoms with Crippen LogP contribution in [0.15, 0.2) is 65.2 Å². The number of benzene rings is 2. The molecular formula is C19H16N6O2. The zero-order valence-electron chi connectivity index (χ0n) is 14.5. The van der Waals surface area contributed by atoms with Crippen molar-refractivity contribution in [3.05, 3.63) is 66.4 Å². The average molecular weight is 360 g/mol. The van der Waals surface area contributed by atoms with Gasteiger partial charge < -0.3 is 20.2 Å². The Labute approximate surface area is 155 Å². The number of ether oxygens (including phenoxy) is 1. The summed E-state index contributed by atoms with van der Waals surface area (Å²) in [5.74, 6) is 1.54. The number of nitrogens with two attached hydrogens (primary N) is 1. The normalized spacial score (nSPS) is 10.6. The molecule has 4 rings (SSSR count). The van der Waals surface area contributed by atoms with Crippen LogP contribution >= 0.6 is 0 Å². The molecule has 0 amide bonds. The number of rotatable bonds is 5. The summed E-state index contributed by atoms with van der Waals surface area (Å²) in [6.07, 6.45) is 1.53. The summed E-state index contributed by atoms with van der Waals surface area (Å²) in [7, 11) is 0. The van der Waals surface area contributed by atoms with Crippen LogP contribution in [0.4, 0.5) is 17.7 Å². The SMILES string of the molecule is Cc1cccc(Nc2nnc(-c3ccc(Oc4ccnc(N)n4)cc3)o2)c1. The van der Waals surface area contributed by atoms with Crippen molar-refractivity contribution in [2.24, 2.45) is 0 Å². The topological polar surface area (TPSA) is 112 Å². The van der Waals surface area contributed by atoms with Crippen LogP contribution in [-0.2, 0) is 0 Å². The molecule has 0 radical (unpaired) electrons. The van der Waals surface area contributed by atoms with E-state index >= 15 is 0 Å². The molecule has 0 saturated heterocycles. The summed E-state index contributed by atoms with van der Waals surface area (Å²) >= 11 is 0. The van der Waals surface area contributed by atoms with Crippen LogP contribution in [0.3, 0.4) is 0 Å². The monoisotopic (exact) mass is 360 g/mol. The molecule has 0 saturated carbocycles. The van der Waals surface area contributed by atoms with E-state index in [1.165, 1.54) is 6.20 Å². The summed E-state index contributed by atoms with van der Waals surface area (Å²) in [6.45, 7) is 2.02. The zero-order chi connectivity index (χ0) is 18.6. The Kier molecular flexibility index (Phi) is 4.36. The zero-order valence-corrected chi connectivity index (χ0v) is 14.5. The molecule has 4 aromatic rings. The Morgan fingerprint density at radius 1 is 1.04 bits per heavy atom. The first-order valence-electron chi connectivity index (χ1n) is 8.20. The fourth-order valence-electron chi connectivity index (χ4n) is 2.44. The number of hydrogen-bond acceptors (Lipinski definition) is 8. The molecule has 3 N–H and O–H groups in total. The van der Waals surface area contributed by atoms with Crippen molar-refractivity contribution in [3.8, 4) is 23.1 Å². The van der Waals surface area contributed by atoms with E-state index in [-0.39, 0.29) is 5.95 Å². The molecule has 2 heterocycles.